The molecule has 2 rings (SSSR count). The zero-order valence-corrected chi connectivity index (χ0v) is 10.5. The van der Waals surface area contributed by atoms with Gasteiger partial charge in [0.05, 0.1) is 5.69 Å². The molecule has 1 heterocycles. The van der Waals surface area contributed by atoms with E-state index in [1.54, 1.807) is 0 Å². The normalized spacial score (nSPS) is 14.8. The molecular weight excluding hydrogens is 222 g/mol. The van der Waals surface area contributed by atoms with E-state index in [2.05, 4.69) is 26.0 Å². The minimum atomic E-state index is 0.0105. The fourth-order valence-corrected chi connectivity index (χ4v) is 2.44. The lowest BCUT2D eigenvalue weighted by atomic mass is 9.95. The number of carbonyl (C=O) groups excluding carboxylic acids is 1. The Kier molecular flexibility index (Phi) is 3.20. The van der Waals surface area contributed by atoms with E-state index in [0.29, 0.717) is 0 Å². The molecule has 16 heavy (non-hydrogen) atoms. The summed E-state index contributed by atoms with van der Waals surface area (Å²) in [5.74, 6) is 0.0728. The number of anilines is 1. The third-order valence-electron chi connectivity index (χ3n) is 3.30. The SMILES string of the molecule is Cc1ccc2c(c1C)N(C(=O)CCl)CCC2. The molecule has 3 heteroatoms. The van der Waals surface area contributed by atoms with Crippen LogP contribution in [0.1, 0.15) is 23.1 Å². The molecule has 1 aliphatic rings. The fourth-order valence-electron chi connectivity index (χ4n) is 2.30. The molecule has 0 spiro atoms. The Morgan fingerprint density at radius 1 is 1.44 bits per heavy atom. The van der Waals surface area contributed by atoms with Crippen LogP contribution in [-0.2, 0) is 11.2 Å². The van der Waals surface area contributed by atoms with Crippen molar-refractivity contribution in [2.45, 2.75) is 26.7 Å². The molecule has 1 amide bonds. The van der Waals surface area contributed by atoms with Gasteiger partial charge < -0.3 is 4.90 Å². The van der Waals surface area contributed by atoms with Gasteiger partial charge in [0.1, 0.15) is 5.88 Å². The van der Waals surface area contributed by atoms with Crippen LogP contribution in [0.4, 0.5) is 5.69 Å². The van der Waals surface area contributed by atoms with E-state index in [4.69, 9.17) is 11.6 Å². The van der Waals surface area contributed by atoms with E-state index in [-0.39, 0.29) is 11.8 Å². The molecule has 0 aliphatic carbocycles. The maximum Gasteiger partial charge on any atom is 0.241 e. The van der Waals surface area contributed by atoms with Crippen LogP contribution in [0.5, 0.6) is 0 Å². The molecule has 0 fully saturated rings. The van der Waals surface area contributed by atoms with E-state index in [1.807, 2.05) is 4.90 Å². The third-order valence-corrected chi connectivity index (χ3v) is 3.53. The number of alkyl halides is 1. The van der Waals surface area contributed by atoms with Crippen molar-refractivity contribution in [1.82, 2.24) is 0 Å². The molecule has 0 saturated heterocycles. The summed E-state index contributed by atoms with van der Waals surface area (Å²) in [6, 6.07) is 4.26. The smallest absolute Gasteiger partial charge is 0.241 e. The average molecular weight is 238 g/mol. The molecule has 1 aliphatic heterocycles. The molecule has 0 saturated carbocycles. The van der Waals surface area contributed by atoms with E-state index in [9.17, 15) is 4.79 Å². The van der Waals surface area contributed by atoms with Gasteiger partial charge in [-0.2, -0.15) is 0 Å². The van der Waals surface area contributed by atoms with Crippen molar-refractivity contribution in [3.8, 4) is 0 Å². The summed E-state index contributed by atoms with van der Waals surface area (Å²) in [4.78, 5) is 13.6. The quantitative estimate of drug-likeness (QED) is 0.688. The molecule has 0 aromatic heterocycles. The number of amides is 1. The highest BCUT2D eigenvalue weighted by molar-refractivity contribution is 6.29. The molecule has 0 bridgehead atoms. The minimum absolute atomic E-state index is 0.0105. The molecule has 1 aromatic carbocycles. The highest BCUT2D eigenvalue weighted by Crippen LogP contribution is 2.32. The van der Waals surface area contributed by atoms with Gasteiger partial charge in [-0.25, -0.2) is 0 Å². The van der Waals surface area contributed by atoms with Gasteiger partial charge in [0, 0.05) is 6.54 Å². The van der Waals surface area contributed by atoms with Crippen LogP contribution in [0, 0.1) is 13.8 Å². The van der Waals surface area contributed by atoms with Gasteiger partial charge in [-0.05, 0) is 43.4 Å². The minimum Gasteiger partial charge on any atom is -0.311 e. The number of benzene rings is 1. The predicted octanol–water partition coefficient (Wildman–Crippen LogP) is 2.82. The van der Waals surface area contributed by atoms with Crippen molar-refractivity contribution < 1.29 is 4.79 Å². The van der Waals surface area contributed by atoms with Crippen LogP contribution in [-0.4, -0.2) is 18.3 Å². The predicted molar refractivity (Wildman–Crippen MR) is 67.3 cm³/mol. The van der Waals surface area contributed by atoms with Crippen molar-refractivity contribution in [3.05, 3.63) is 28.8 Å². The van der Waals surface area contributed by atoms with Crippen LogP contribution in [0.25, 0.3) is 0 Å². The van der Waals surface area contributed by atoms with Crippen LogP contribution in [0.3, 0.4) is 0 Å². The average Bonchev–Trinajstić information content (AvgIpc) is 2.32. The number of fused-ring (bicyclic) bond motifs is 1. The molecule has 86 valence electrons. The Morgan fingerprint density at radius 3 is 2.88 bits per heavy atom. The highest BCUT2D eigenvalue weighted by Gasteiger charge is 2.23. The summed E-state index contributed by atoms with van der Waals surface area (Å²) in [5, 5.41) is 0. The van der Waals surface area contributed by atoms with Crippen molar-refractivity contribution >= 4 is 23.2 Å². The number of hydrogen-bond donors (Lipinski definition) is 0. The summed E-state index contributed by atoms with van der Waals surface area (Å²) in [6.45, 7) is 4.95. The topological polar surface area (TPSA) is 20.3 Å². The maximum absolute atomic E-state index is 11.8. The van der Waals surface area contributed by atoms with Crippen LogP contribution >= 0.6 is 11.6 Å². The first kappa shape index (κ1) is 11.5. The fraction of sp³-hybridized carbons (Fsp3) is 0.462. The molecule has 0 unspecified atom stereocenters. The molecule has 0 atom stereocenters. The van der Waals surface area contributed by atoms with Gasteiger partial charge in [0.25, 0.3) is 0 Å². The standard InChI is InChI=1S/C13H16ClNO/c1-9-5-6-11-4-3-7-15(12(16)8-14)13(11)10(9)2/h5-6H,3-4,7-8H2,1-2H3. The first-order valence-electron chi connectivity index (χ1n) is 5.60. The van der Waals surface area contributed by atoms with Crippen LogP contribution in [0.15, 0.2) is 12.1 Å². The van der Waals surface area contributed by atoms with Crippen molar-refractivity contribution in [1.29, 1.82) is 0 Å². The van der Waals surface area contributed by atoms with Crippen molar-refractivity contribution in [2.75, 3.05) is 17.3 Å². The molecule has 0 radical (unpaired) electrons. The monoisotopic (exact) mass is 237 g/mol. The number of halogens is 1. The number of nitrogens with zero attached hydrogens (tertiary/aromatic N) is 1. The second-order valence-corrected chi connectivity index (χ2v) is 4.57. The van der Waals surface area contributed by atoms with Gasteiger partial charge in [-0.3, -0.25) is 4.79 Å². The number of hydrogen-bond acceptors (Lipinski definition) is 1. The first-order valence-corrected chi connectivity index (χ1v) is 6.14. The van der Waals surface area contributed by atoms with Crippen molar-refractivity contribution in [3.63, 3.8) is 0 Å². The number of rotatable bonds is 1. The Bertz CT molecular complexity index is 428. The Balaban J connectivity index is 2.51. The lowest BCUT2D eigenvalue weighted by molar-refractivity contribution is -0.116. The highest BCUT2D eigenvalue weighted by atomic mass is 35.5. The summed E-state index contributed by atoms with van der Waals surface area (Å²) < 4.78 is 0. The number of aryl methyl sites for hydroxylation is 2. The van der Waals surface area contributed by atoms with E-state index >= 15 is 0 Å². The second kappa shape index (κ2) is 4.46. The summed E-state index contributed by atoms with van der Waals surface area (Å²) in [6.07, 6.45) is 2.08. The van der Waals surface area contributed by atoms with Gasteiger partial charge in [0.2, 0.25) is 5.91 Å². The number of carbonyl (C=O) groups is 1. The Morgan fingerprint density at radius 2 is 2.19 bits per heavy atom. The van der Waals surface area contributed by atoms with Gasteiger partial charge in [0.15, 0.2) is 0 Å². The summed E-state index contributed by atoms with van der Waals surface area (Å²) in [7, 11) is 0. The van der Waals surface area contributed by atoms with E-state index < -0.39 is 0 Å². The maximum atomic E-state index is 11.8. The molecule has 1 aromatic rings. The lowest BCUT2D eigenvalue weighted by Gasteiger charge is -2.31. The summed E-state index contributed by atoms with van der Waals surface area (Å²) >= 11 is 5.65. The van der Waals surface area contributed by atoms with Gasteiger partial charge >= 0.3 is 0 Å². The summed E-state index contributed by atoms with van der Waals surface area (Å²) in [5.41, 5.74) is 4.80. The van der Waals surface area contributed by atoms with Gasteiger partial charge in [-0.1, -0.05) is 12.1 Å². The van der Waals surface area contributed by atoms with E-state index in [0.717, 1.165) is 25.1 Å². The zero-order chi connectivity index (χ0) is 11.7. The lowest BCUT2D eigenvalue weighted by Crippen LogP contribution is -2.37. The largest absolute Gasteiger partial charge is 0.311 e. The third kappa shape index (κ3) is 1.82. The molecular formula is C13H16ClNO. The Hall–Kier alpha value is -1.02. The van der Waals surface area contributed by atoms with Gasteiger partial charge in [-0.15, -0.1) is 11.6 Å². The molecule has 2 nitrogen and oxygen atoms in total. The van der Waals surface area contributed by atoms with Crippen molar-refractivity contribution in [2.24, 2.45) is 0 Å². The second-order valence-electron chi connectivity index (χ2n) is 4.30. The van der Waals surface area contributed by atoms with E-state index in [1.165, 1.54) is 16.7 Å². The van der Waals surface area contributed by atoms with Crippen LogP contribution in [0.2, 0.25) is 0 Å². The van der Waals surface area contributed by atoms with Crippen LogP contribution < -0.4 is 4.90 Å². The molecule has 0 N–H and O–H groups in total. The zero-order valence-electron chi connectivity index (χ0n) is 9.72. The Labute approximate surface area is 101 Å². The first-order chi connectivity index (χ1) is 7.65.